The van der Waals surface area contributed by atoms with Crippen LogP contribution in [-0.4, -0.2) is 43.4 Å². The molecule has 0 fully saturated rings. The molecule has 41 heavy (non-hydrogen) atoms. The number of aromatic nitrogens is 4. The Bertz CT molecular complexity index is 1820. The monoisotopic (exact) mass is 561 g/mol. The minimum absolute atomic E-state index is 0.0895. The first-order valence-electron chi connectivity index (χ1n) is 13.4. The second kappa shape index (κ2) is 10.5. The zero-order chi connectivity index (χ0) is 28.8. The van der Waals surface area contributed by atoms with Gasteiger partial charge in [0.15, 0.2) is 17.5 Å². The van der Waals surface area contributed by atoms with Gasteiger partial charge in [-0.3, -0.25) is 4.79 Å². The average Bonchev–Trinajstić information content (AvgIpc) is 3.54. The number of carbonyl (C=O) groups excluding carboxylic acids is 1. The van der Waals surface area contributed by atoms with Crippen molar-refractivity contribution in [2.75, 3.05) is 13.1 Å². The van der Waals surface area contributed by atoms with Gasteiger partial charge >= 0.3 is 0 Å². The molecule has 1 atom stereocenters. The number of hydrogen-bond donors (Lipinski definition) is 1. The van der Waals surface area contributed by atoms with E-state index in [-0.39, 0.29) is 28.6 Å². The molecule has 2 aromatic heterocycles. The van der Waals surface area contributed by atoms with E-state index < -0.39 is 23.4 Å². The molecule has 0 saturated carbocycles. The molecule has 1 aliphatic heterocycles. The lowest BCUT2D eigenvalue weighted by Gasteiger charge is -2.25. The van der Waals surface area contributed by atoms with Gasteiger partial charge in [0.05, 0.1) is 17.0 Å². The van der Waals surface area contributed by atoms with Gasteiger partial charge < -0.3 is 14.5 Å². The quantitative estimate of drug-likeness (QED) is 0.192. The molecule has 0 bridgehead atoms. The molecule has 1 unspecified atom stereocenters. The van der Waals surface area contributed by atoms with Crippen molar-refractivity contribution in [1.29, 1.82) is 0 Å². The Morgan fingerprint density at radius 2 is 1.76 bits per heavy atom. The molecule has 6 nitrogen and oxygen atoms in total. The van der Waals surface area contributed by atoms with Crippen LogP contribution in [0.3, 0.4) is 0 Å². The van der Waals surface area contributed by atoms with Gasteiger partial charge in [0.1, 0.15) is 28.5 Å². The lowest BCUT2D eigenvalue weighted by Crippen LogP contribution is -2.33. The number of aryl methyl sites for hydroxylation is 1. The summed E-state index contributed by atoms with van der Waals surface area (Å²) >= 11 is 0. The Labute approximate surface area is 233 Å². The van der Waals surface area contributed by atoms with E-state index in [0.29, 0.717) is 42.5 Å². The van der Waals surface area contributed by atoms with Gasteiger partial charge in [0.25, 0.3) is 5.91 Å². The first-order chi connectivity index (χ1) is 19.7. The second-order valence-electron chi connectivity index (χ2n) is 10.4. The summed E-state index contributed by atoms with van der Waals surface area (Å²) in [4.78, 5) is 27.0. The van der Waals surface area contributed by atoms with Gasteiger partial charge in [-0.15, -0.1) is 0 Å². The zero-order valence-corrected chi connectivity index (χ0v) is 22.5. The number of benzene rings is 3. The molecule has 1 aliphatic rings. The van der Waals surface area contributed by atoms with Crippen LogP contribution >= 0.6 is 0 Å². The highest BCUT2D eigenvalue weighted by Gasteiger charge is 2.24. The van der Waals surface area contributed by atoms with E-state index in [9.17, 15) is 22.4 Å². The summed E-state index contributed by atoms with van der Waals surface area (Å²) in [6.45, 7) is 2.94. The molecule has 10 heteroatoms. The van der Waals surface area contributed by atoms with Gasteiger partial charge in [-0.2, -0.15) is 0 Å². The number of hydrogen-bond acceptors (Lipinski definition) is 3. The number of carbonyl (C=O) groups is 1. The van der Waals surface area contributed by atoms with Crippen LogP contribution in [-0.2, 0) is 7.05 Å². The topological polar surface area (TPSA) is 66.8 Å². The van der Waals surface area contributed by atoms with Crippen molar-refractivity contribution in [3.8, 4) is 0 Å². The fourth-order valence-electron chi connectivity index (χ4n) is 5.48. The van der Waals surface area contributed by atoms with Crippen molar-refractivity contribution in [2.45, 2.75) is 32.1 Å². The van der Waals surface area contributed by atoms with Crippen LogP contribution in [0.4, 0.5) is 17.6 Å². The van der Waals surface area contributed by atoms with Crippen LogP contribution in [0.1, 0.15) is 59.7 Å². The fourth-order valence-corrected chi connectivity index (χ4v) is 5.48. The predicted molar refractivity (Wildman–Crippen MR) is 148 cm³/mol. The van der Waals surface area contributed by atoms with Crippen molar-refractivity contribution < 1.29 is 22.4 Å². The van der Waals surface area contributed by atoms with Crippen molar-refractivity contribution in [1.82, 2.24) is 24.4 Å². The number of H-pyrrole nitrogens is 1. The van der Waals surface area contributed by atoms with Crippen molar-refractivity contribution in [2.24, 2.45) is 7.05 Å². The van der Waals surface area contributed by atoms with Crippen molar-refractivity contribution in [3.05, 3.63) is 101 Å². The van der Waals surface area contributed by atoms with Gasteiger partial charge in [-0.05, 0) is 67.7 Å². The first kappa shape index (κ1) is 26.7. The average molecular weight is 562 g/mol. The fraction of sp³-hybridized carbons (Fsp3) is 0.258. The maximum Gasteiger partial charge on any atom is 0.253 e. The van der Waals surface area contributed by atoms with Crippen LogP contribution in [0, 0.1) is 23.3 Å². The number of allylic oxidation sites excluding steroid dienone is 1. The highest BCUT2D eigenvalue weighted by molar-refractivity contribution is 5.97. The minimum Gasteiger partial charge on any atom is -0.339 e. The van der Waals surface area contributed by atoms with E-state index in [1.54, 1.807) is 44.3 Å². The maximum atomic E-state index is 14.3. The normalized spacial score (nSPS) is 16.4. The van der Waals surface area contributed by atoms with E-state index in [0.717, 1.165) is 29.5 Å². The summed E-state index contributed by atoms with van der Waals surface area (Å²) in [6.07, 6.45) is 4.46. The molecule has 5 aromatic rings. The molecule has 0 spiro atoms. The number of amides is 1. The summed E-state index contributed by atoms with van der Waals surface area (Å²) in [5.74, 6) is -3.51. The minimum atomic E-state index is -1.29. The van der Waals surface area contributed by atoms with Gasteiger partial charge in [-0.1, -0.05) is 18.2 Å². The number of aromatic amines is 1. The Kier molecular flexibility index (Phi) is 6.84. The van der Waals surface area contributed by atoms with E-state index >= 15 is 0 Å². The smallest absolute Gasteiger partial charge is 0.253 e. The molecule has 1 N–H and O–H groups in total. The second-order valence-corrected chi connectivity index (χ2v) is 10.4. The Morgan fingerprint density at radius 1 is 0.976 bits per heavy atom. The highest BCUT2D eigenvalue weighted by atomic mass is 19.2. The first-order valence-corrected chi connectivity index (χ1v) is 13.4. The molecule has 6 rings (SSSR count). The summed E-state index contributed by atoms with van der Waals surface area (Å²) in [6, 6.07) is 12.2. The summed E-state index contributed by atoms with van der Waals surface area (Å²) in [5, 5.41) is 0. The van der Waals surface area contributed by atoms with Crippen molar-refractivity contribution >= 4 is 33.5 Å². The van der Waals surface area contributed by atoms with E-state index in [2.05, 4.69) is 16.0 Å². The molecule has 0 aliphatic carbocycles. The van der Waals surface area contributed by atoms with Gasteiger partial charge in [-0.25, -0.2) is 27.5 Å². The number of imidazole rings is 2. The molecular weight excluding hydrogens is 534 g/mol. The van der Waals surface area contributed by atoms with Crippen LogP contribution in [0.15, 0.2) is 54.6 Å². The Hall–Kier alpha value is -4.47. The molecule has 210 valence electrons. The number of rotatable bonds is 4. The molecule has 3 aromatic carbocycles. The van der Waals surface area contributed by atoms with Crippen LogP contribution in [0.2, 0.25) is 0 Å². The lowest BCUT2D eigenvalue weighted by molar-refractivity contribution is 0.0756. The number of halogens is 4. The Balaban J connectivity index is 1.25. The highest BCUT2D eigenvalue weighted by Crippen LogP contribution is 2.30. The summed E-state index contributed by atoms with van der Waals surface area (Å²) in [7, 11) is 1.80. The summed E-state index contributed by atoms with van der Waals surface area (Å²) < 4.78 is 57.4. The van der Waals surface area contributed by atoms with E-state index in [1.807, 2.05) is 9.47 Å². The number of nitrogens with zero attached hydrogens (tertiary/aromatic N) is 4. The van der Waals surface area contributed by atoms with Crippen LogP contribution in [0.5, 0.6) is 0 Å². The molecular formula is C31H27F4N5O. The van der Waals surface area contributed by atoms with Crippen LogP contribution in [0.25, 0.3) is 27.6 Å². The number of fused-ring (bicyclic) bond motifs is 2. The number of nitrogens with one attached hydrogen (secondary N) is 1. The van der Waals surface area contributed by atoms with E-state index in [4.69, 9.17) is 4.98 Å². The van der Waals surface area contributed by atoms with Crippen molar-refractivity contribution in [3.63, 3.8) is 0 Å². The molecule has 1 amide bonds. The largest absolute Gasteiger partial charge is 0.339 e. The SMILES string of the molecule is CC(c1nc2c(F)cc(F)c(F)c2[nH]1)c1nc2ccc(C(=O)N3CCC/C=C(\c4ccc(F)cc4)CC3)cc2n1C. The van der Waals surface area contributed by atoms with E-state index in [1.165, 1.54) is 12.1 Å². The van der Waals surface area contributed by atoms with Gasteiger partial charge in [0, 0.05) is 31.8 Å². The molecule has 0 saturated heterocycles. The Morgan fingerprint density at radius 3 is 2.54 bits per heavy atom. The molecule has 0 radical (unpaired) electrons. The van der Waals surface area contributed by atoms with Crippen LogP contribution < -0.4 is 0 Å². The third kappa shape index (κ3) is 4.87. The third-order valence-electron chi connectivity index (χ3n) is 7.77. The summed E-state index contributed by atoms with van der Waals surface area (Å²) in [5.41, 5.74) is 3.34. The third-order valence-corrected chi connectivity index (χ3v) is 7.77. The van der Waals surface area contributed by atoms with Gasteiger partial charge in [0.2, 0.25) is 0 Å². The standard InChI is InChI=1S/C31H27F4N5O/c1-17(29-37-27-23(34)16-22(33)26(35)28(27)38-29)30-36-24-11-8-20(15-25(24)39(30)2)31(41)40-13-4-3-5-18(12-14-40)19-6-9-21(32)10-7-19/h5-11,15-17H,3-4,12-14H2,1-2H3,(H,37,38)/b18-5-. The molecule has 3 heterocycles. The lowest BCUT2D eigenvalue weighted by atomic mass is 9.99. The maximum absolute atomic E-state index is 14.3. The zero-order valence-electron chi connectivity index (χ0n) is 22.5. The predicted octanol–water partition coefficient (Wildman–Crippen LogP) is 6.87.